The number of rotatable bonds is 4. The summed E-state index contributed by atoms with van der Waals surface area (Å²) in [5, 5.41) is 0. The highest BCUT2D eigenvalue weighted by atomic mass is 16.5. The smallest absolute Gasteiger partial charge is 0.306 e. The lowest BCUT2D eigenvalue weighted by atomic mass is 9.33. The van der Waals surface area contributed by atoms with Crippen molar-refractivity contribution in [3.05, 3.63) is 35.5 Å². The number of methoxy groups -OCH3 is 1. The van der Waals surface area contributed by atoms with Crippen molar-refractivity contribution in [3.8, 4) is 0 Å². The van der Waals surface area contributed by atoms with E-state index in [0.717, 1.165) is 24.7 Å². The highest BCUT2D eigenvalue weighted by Gasteiger charge is 2.70. The minimum absolute atomic E-state index is 0.0310. The molecule has 222 valence electrons. The lowest BCUT2D eigenvalue weighted by Gasteiger charge is -2.72. The van der Waals surface area contributed by atoms with Gasteiger partial charge in [-0.3, -0.25) is 4.79 Å². The van der Waals surface area contributed by atoms with Crippen LogP contribution < -0.4 is 5.73 Å². The van der Waals surface area contributed by atoms with Crippen LogP contribution in [0.5, 0.6) is 0 Å². The van der Waals surface area contributed by atoms with Gasteiger partial charge in [0.15, 0.2) is 0 Å². The van der Waals surface area contributed by atoms with Crippen LogP contribution in [0, 0.1) is 57.2 Å². The van der Waals surface area contributed by atoms with Crippen molar-refractivity contribution < 1.29 is 9.53 Å². The first kappa shape index (κ1) is 28.8. The lowest BCUT2D eigenvalue weighted by Crippen LogP contribution is -2.67. The van der Waals surface area contributed by atoms with Crippen LogP contribution in [0.4, 0.5) is 0 Å². The van der Waals surface area contributed by atoms with Gasteiger partial charge in [0.05, 0.1) is 13.5 Å². The van der Waals surface area contributed by atoms with Crippen LogP contribution in [-0.4, -0.2) is 18.6 Å². The predicted molar refractivity (Wildman–Crippen MR) is 164 cm³/mol. The minimum Gasteiger partial charge on any atom is -0.469 e. The summed E-state index contributed by atoms with van der Waals surface area (Å²) in [4.78, 5) is 12.0. The lowest BCUT2D eigenvalue weighted by molar-refractivity contribution is -0.219. The Balaban J connectivity index is 1.31. The van der Waals surface area contributed by atoms with Crippen LogP contribution in [0.15, 0.2) is 35.5 Å². The monoisotopic (exact) mass is 547 g/mol. The summed E-state index contributed by atoms with van der Waals surface area (Å²) in [5.41, 5.74) is 13.0. The highest BCUT2D eigenvalue weighted by Crippen LogP contribution is 2.76. The number of hydrogen-bond donors (Lipinski definition) is 1. The van der Waals surface area contributed by atoms with Crippen molar-refractivity contribution >= 4 is 5.97 Å². The quantitative estimate of drug-likeness (QED) is 0.283. The Morgan fingerprint density at radius 1 is 0.975 bits per heavy atom. The molecule has 4 fully saturated rings. The molecule has 0 amide bonds. The molecule has 1 unspecified atom stereocenters. The Morgan fingerprint density at radius 2 is 1.73 bits per heavy atom. The fourth-order valence-corrected chi connectivity index (χ4v) is 12.8. The number of ether oxygens (including phenoxy) is 1. The van der Waals surface area contributed by atoms with Gasteiger partial charge in [0, 0.05) is 5.54 Å². The van der Waals surface area contributed by atoms with Gasteiger partial charge in [-0.15, -0.1) is 0 Å². The van der Waals surface area contributed by atoms with Gasteiger partial charge in [-0.2, -0.15) is 0 Å². The van der Waals surface area contributed by atoms with E-state index in [1.165, 1.54) is 76.0 Å². The van der Waals surface area contributed by atoms with Crippen molar-refractivity contribution in [2.24, 2.45) is 62.9 Å². The molecule has 4 saturated carbocycles. The maximum absolute atomic E-state index is 12.0. The first-order chi connectivity index (χ1) is 18.7. The topological polar surface area (TPSA) is 52.3 Å². The number of hydrogen-bond acceptors (Lipinski definition) is 3. The third-order valence-electron chi connectivity index (χ3n) is 14.9. The number of allylic oxidation sites excluding steroid dienone is 5. The molecule has 0 aromatic rings. The molecule has 6 rings (SSSR count). The third-order valence-corrected chi connectivity index (χ3v) is 14.9. The molecule has 0 aliphatic heterocycles. The fraction of sp³-hybridized carbons (Fsp3) is 0.811. The SMILES string of the molecule is C=C(C)[C@@H]1CC[C@]2(N)CC[C@]3(C)[C@H](CC[C@@H]4[C@@]5(C)CC=C(C6=CC(CC(=O)OC)CC6)C(C)(C)[C@@H]5CC[C@]43C)[C@@H]12. The van der Waals surface area contributed by atoms with Gasteiger partial charge >= 0.3 is 5.97 Å². The van der Waals surface area contributed by atoms with E-state index >= 15 is 0 Å². The second-order valence-corrected chi connectivity index (χ2v) is 16.7. The third kappa shape index (κ3) is 3.80. The summed E-state index contributed by atoms with van der Waals surface area (Å²) in [6.45, 7) is 20.0. The summed E-state index contributed by atoms with van der Waals surface area (Å²) < 4.78 is 4.98. The molecule has 0 aromatic heterocycles. The predicted octanol–water partition coefficient (Wildman–Crippen LogP) is 8.79. The summed E-state index contributed by atoms with van der Waals surface area (Å²) >= 11 is 0. The van der Waals surface area contributed by atoms with Gasteiger partial charge in [0.1, 0.15) is 0 Å². The Bertz CT molecular complexity index is 1150. The van der Waals surface area contributed by atoms with E-state index < -0.39 is 0 Å². The van der Waals surface area contributed by atoms with E-state index in [-0.39, 0.29) is 16.9 Å². The van der Waals surface area contributed by atoms with E-state index in [1.807, 2.05) is 0 Å². The number of nitrogens with two attached hydrogens (primary N) is 1. The van der Waals surface area contributed by atoms with Crippen LogP contribution in [-0.2, 0) is 9.53 Å². The van der Waals surface area contributed by atoms with E-state index in [2.05, 4.69) is 60.3 Å². The van der Waals surface area contributed by atoms with E-state index in [1.54, 1.807) is 5.57 Å². The number of carbonyl (C=O) groups excluding carboxylic acids is 1. The van der Waals surface area contributed by atoms with Crippen molar-refractivity contribution in [2.75, 3.05) is 7.11 Å². The van der Waals surface area contributed by atoms with Gasteiger partial charge in [0.25, 0.3) is 0 Å². The Kier molecular flexibility index (Phi) is 6.70. The fourth-order valence-electron chi connectivity index (χ4n) is 12.8. The maximum Gasteiger partial charge on any atom is 0.306 e. The second-order valence-electron chi connectivity index (χ2n) is 16.7. The largest absolute Gasteiger partial charge is 0.469 e. The average Bonchev–Trinajstić information content (AvgIpc) is 3.48. The van der Waals surface area contributed by atoms with E-state index in [0.29, 0.717) is 46.3 Å². The molecule has 6 aliphatic rings. The van der Waals surface area contributed by atoms with E-state index in [4.69, 9.17) is 10.5 Å². The zero-order chi connectivity index (χ0) is 28.9. The zero-order valence-electron chi connectivity index (χ0n) is 26.7. The minimum atomic E-state index is -0.0793. The molecular weight excluding hydrogens is 490 g/mol. The molecule has 40 heavy (non-hydrogen) atoms. The molecule has 0 bridgehead atoms. The van der Waals surface area contributed by atoms with Crippen LogP contribution in [0.2, 0.25) is 0 Å². The standard InChI is InChI=1S/C37H57NO2/c1-23(2)26-13-18-37(38)20-19-35(6)28(32(26)37)11-12-30-34(5)16-14-27(25-10-9-24(21-25)22-31(39)40-8)33(3,4)29(34)15-17-36(30,35)7/h14,21,24,26,28-30,32H,1,9-13,15-20,22,38H2,2-8H3/t24?,26-,28+,29-,30+,32+,34-,35+,36+,37-/m0/s1. The van der Waals surface area contributed by atoms with Crippen LogP contribution in [0.25, 0.3) is 0 Å². The molecule has 0 spiro atoms. The maximum atomic E-state index is 12.0. The molecule has 6 aliphatic carbocycles. The van der Waals surface area contributed by atoms with E-state index in [9.17, 15) is 4.79 Å². The summed E-state index contributed by atoms with van der Waals surface area (Å²) in [5.74, 6) is 3.68. The normalized spacial score (nSPS) is 49.1. The van der Waals surface area contributed by atoms with Crippen LogP contribution in [0.3, 0.4) is 0 Å². The molecule has 0 aromatic carbocycles. The van der Waals surface area contributed by atoms with Gasteiger partial charge in [-0.25, -0.2) is 0 Å². The molecule has 2 N–H and O–H groups in total. The molecule has 0 radical (unpaired) electrons. The Morgan fingerprint density at radius 3 is 2.42 bits per heavy atom. The first-order valence-corrected chi connectivity index (χ1v) is 16.6. The summed E-state index contributed by atoms with van der Waals surface area (Å²) in [6.07, 6.45) is 19.3. The molecular formula is C37H57NO2. The molecule has 0 heterocycles. The van der Waals surface area contributed by atoms with Gasteiger partial charge in [-0.1, -0.05) is 58.9 Å². The molecule has 10 atom stereocenters. The summed E-state index contributed by atoms with van der Waals surface area (Å²) in [6, 6.07) is 0. The summed E-state index contributed by atoms with van der Waals surface area (Å²) in [7, 11) is 1.51. The van der Waals surface area contributed by atoms with Gasteiger partial charge in [-0.05, 0) is 146 Å². The molecule has 0 saturated heterocycles. The van der Waals surface area contributed by atoms with Crippen LogP contribution >= 0.6 is 0 Å². The zero-order valence-corrected chi connectivity index (χ0v) is 26.7. The number of esters is 1. The average molecular weight is 548 g/mol. The number of carbonyl (C=O) groups is 1. The number of fused-ring (bicyclic) bond motifs is 7. The van der Waals surface area contributed by atoms with Crippen LogP contribution in [0.1, 0.15) is 119 Å². The molecule has 3 nitrogen and oxygen atoms in total. The van der Waals surface area contributed by atoms with Gasteiger partial charge < -0.3 is 10.5 Å². The Labute approximate surface area is 244 Å². The van der Waals surface area contributed by atoms with Crippen molar-refractivity contribution in [1.82, 2.24) is 0 Å². The second kappa shape index (κ2) is 9.32. The van der Waals surface area contributed by atoms with Crippen molar-refractivity contribution in [1.29, 1.82) is 0 Å². The van der Waals surface area contributed by atoms with Crippen molar-refractivity contribution in [3.63, 3.8) is 0 Å². The first-order valence-electron chi connectivity index (χ1n) is 16.6. The molecule has 3 heteroatoms. The van der Waals surface area contributed by atoms with Crippen molar-refractivity contribution in [2.45, 2.75) is 124 Å². The Hall–Kier alpha value is -1.35. The van der Waals surface area contributed by atoms with Gasteiger partial charge in [0.2, 0.25) is 0 Å². The highest BCUT2D eigenvalue weighted by molar-refractivity contribution is 5.70.